The highest BCUT2D eigenvalue weighted by Crippen LogP contribution is 2.24. The maximum atomic E-state index is 12.4. The lowest BCUT2D eigenvalue weighted by molar-refractivity contribution is 0.0950. The van der Waals surface area contributed by atoms with Crippen molar-refractivity contribution < 1.29 is 4.79 Å². The van der Waals surface area contributed by atoms with Crippen LogP contribution in [0.1, 0.15) is 51.3 Å². The molecule has 2 aromatic heterocycles. The highest BCUT2D eigenvalue weighted by atomic mass is 32.2. The Morgan fingerprint density at radius 1 is 1.03 bits per heavy atom. The van der Waals surface area contributed by atoms with Crippen LogP contribution < -0.4 is 5.32 Å². The zero-order chi connectivity index (χ0) is 23.0. The number of rotatable bonds is 10. The van der Waals surface area contributed by atoms with Gasteiger partial charge in [-0.15, -0.1) is 15.3 Å². The number of hydrogen-bond acceptors (Lipinski definition) is 8. The molecule has 0 saturated carbocycles. The van der Waals surface area contributed by atoms with E-state index in [1.54, 1.807) is 4.68 Å². The van der Waals surface area contributed by atoms with Crippen LogP contribution in [-0.2, 0) is 18.7 Å². The van der Waals surface area contributed by atoms with Crippen molar-refractivity contribution in [2.75, 3.05) is 0 Å². The molecule has 0 atom stereocenters. The number of carbonyl (C=O) groups excluding carboxylic acids is 1. The molecule has 4 rings (SSSR count). The average Bonchev–Trinajstić information content (AvgIpc) is 3.51. The SMILES string of the molecule is CCCCc1ccc(-n2nnnc2SCc2nnc(C(=O)NCc3ccc(C)cc3)s2)cc1. The molecule has 2 aromatic carbocycles. The van der Waals surface area contributed by atoms with E-state index in [1.807, 2.05) is 43.3 Å². The van der Waals surface area contributed by atoms with Crippen molar-refractivity contribution in [2.24, 2.45) is 0 Å². The number of aryl methyl sites for hydroxylation is 2. The minimum atomic E-state index is -0.225. The molecule has 0 saturated heterocycles. The first kappa shape index (κ1) is 23.1. The third kappa shape index (κ3) is 6.23. The molecule has 0 aliphatic heterocycles. The molecular formula is C23H25N7OS2. The molecule has 33 heavy (non-hydrogen) atoms. The Hall–Kier alpha value is -3.11. The molecule has 0 aliphatic rings. The minimum Gasteiger partial charge on any atom is -0.346 e. The Morgan fingerprint density at radius 3 is 2.55 bits per heavy atom. The fraction of sp³-hybridized carbons (Fsp3) is 0.304. The summed E-state index contributed by atoms with van der Waals surface area (Å²) in [6, 6.07) is 16.4. The number of benzene rings is 2. The predicted octanol–water partition coefficient (Wildman–Crippen LogP) is 4.39. The van der Waals surface area contributed by atoms with Crippen LogP contribution in [0.4, 0.5) is 0 Å². The van der Waals surface area contributed by atoms with Gasteiger partial charge in [-0.25, -0.2) is 0 Å². The number of thioether (sulfide) groups is 1. The molecular weight excluding hydrogens is 454 g/mol. The third-order valence-corrected chi connectivity index (χ3v) is 7.04. The standard InChI is InChI=1S/C23H25N7OS2/c1-3-4-5-17-10-12-19(13-11-17)30-23(27-28-29-30)32-15-20-25-26-22(33-20)21(31)24-14-18-8-6-16(2)7-9-18/h6-13H,3-5,14-15H2,1-2H3,(H,24,31). The smallest absolute Gasteiger partial charge is 0.282 e. The van der Waals surface area contributed by atoms with Crippen LogP contribution in [0.5, 0.6) is 0 Å². The van der Waals surface area contributed by atoms with Crippen LogP contribution in [0.25, 0.3) is 5.69 Å². The lowest BCUT2D eigenvalue weighted by atomic mass is 10.1. The first-order valence-electron chi connectivity index (χ1n) is 10.8. The van der Waals surface area contributed by atoms with Gasteiger partial charge in [-0.05, 0) is 53.5 Å². The van der Waals surface area contributed by atoms with E-state index in [1.165, 1.54) is 47.1 Å². The Balaban J connectivity index is 1.33. The Bertz CT molecular complexity index is 1190. The normalized spacial score (nSPS) is 11.0. The molecule has 1 amide bonds. The molecule has 8 nitrogen and oxygen atoms in total. The van der Waals surface area contributed by atoms with E-state index in [0.717, 1.165) is 22.7 Å². The Labute approximate surface area is 200 Å². The van der Waals surface area contributed by atoms with Crippen molar-refractivity contribution >= 4 is 29.0 Å². The highest BCUT2D eigenvalue weighted by Gasteiger charge is 2.15. The van der Waals surface area contributed by atoms with Crippen LogP contribution >= 0.6 is 23.1 Å². The molecule has 0 radical (unpaired) electrons. The van der Waals surface area contributed by atoms with Crippen LogP contribution in [0, 0.1) is 6.92 Å². The number of nitrogens with one attached hydrogen (secondary N) is 1. The molecule has 10 heteroatoms. The molecule has 4 aromatic rings. The van der Waals surface area contributed by atoms with Crippen LogP contribution in [-0.4, -0.2) is 36.3 Å². The van der Waals surface area contributed by atoms with E-state index < -0.39 is 0 Å². The fourth-order valence-corrected chi connectivity index (χ4v) is 4.74. The van der Waals surface area contributed by atoms with Crippen LogP contribution in [0.15, 0.2) is 53.7 Å². The zero-order valence-corrected chi connectivity index (χ0v) is 20.2. The maximum absolute atomic E-state index is 12.4. The van der Waals surface area contributed by atoms with Crippen LogP contribution in [0.2, 0.25) is 0 Å². The number of hydrogen-bond donors (Lipinski definition) is 1. The van der Waals surface area contributed by atoms with E-state index in [0.29, 0.717) is 22.5 Å². The lowest BCUT2D eigenvalue weighted by Crippen LogP contribution is -2.22. The highest BCUT2D eigenvalue weighted by molar-refractivity contribution is 7.98. The monoisotopic (exact) mass is 479 g/mol. The molecule has 2 heterocycles. The summed E-state index contributed by atoms with van der Waals surface area (Å²) in [5.41, 5.74) is 4.45. The van der Waals surface area contributed by atoms with Crippen molar-refractivity contribution in [3.8, 4) is 5.69 Å². The van der Waals surface area contributed by atoms with Gasteiger partial charge >= 0.3 is 0 Å². The van der Waals surface area contributed by atoms with Gasteiger partial charge in [0.05, 0.1) is 11.4 Å². The van der Waals surface area contributed by atoms with Gasteiger partial charge in [0, 0.05) is 6.54 Å². The van der Waals surface area contributed by atoms with Gasteiger partial charge in [-0.3, -0.25) is 4.79 Å². The van der Waals surface area contributed by atoms with Crippen molar-refractivity contribution in [1.29, 1.82) is 0 Å². The van der Waals surface area contributed by atoms with Gasteiger partial charge in [-0.1, -0.05) is 78.4 Å². The Morgan fingerprint density at radius 2 is 1.79 bits per heavy atom. The Kier molecular flexibility index (Phi) is 7.79. The first-order chi connectivity index (χ1) is 16.1. The number of tetrazole rings is 1. The number of unbranched alkanes of at least 4 members (excludes halogenated alkanes) is 1. The van der Waals surface area contributed by atoms with Crippen molar-refractivity contribution in [3.05, 3.63) is 75.2 Å². The maximum Gasteiger partial charge on any atom is 0.282 e. The van der Waals surface area contributed by atoms with Gasteiger partial charge in [0.15, 0.2) is 0 Å². The topological polar surface area (TPSA) is 98.5 Å². The summed E-state index contributed by atoms with van der Waals surface area (Å²) in [7, 11) is 0. The van der Waals surface area contributed by atoms with Crippen molar-refractivity contribution in [2.45, 2.75) is 50.6 Å². The molecule has 0 bridgehead atoms. The number of carbonyl (C=O) groups is 1. The third-order valence-electron chi connectivity index (χ3n) is 5.00. The second-order valence-electron chi connectivity index (χ2n) is 7.60. The average molecular weight is 480 g/mol. The summed E-state index contributed by atoms with van der Waals surface area (Å²) in [6.45, 7) is 4.68. The van der Waals surface area contributed by atoms with E-state index in [2.05, 4.69) is 50.1 Å². The largest absolute Gasteiger partial charge is 0.346 e. The molecule has 170 valence electrons. The van der Waals surface area contributed by atoms with E-state index >= 15 is 0 Å². The van der Waals surface area contributed by atoms with E-state index in [9.17, 15) is 4.79 Å². The summed E-state index contributed by atoms with van der Waals surface area (Å²) in [4.78, 5) is 12.4. The summed E-state index contributed by atoms with van der Waals surface area (Å²) in [5, 5.41) is 24.9. The summed E-state index contributed by atoms with van der Waals surface area (Å²) >= 11 is 2.74. The summed E-state index contributed by atoms with van der Waals surface area (Å²) in [6.07, 6.45) is 3.43. The van der Waals surface area contributed by atoms with Crippen molar-refractivity contribution in [3.63, 3.8) is 0 Å². The molecule has 0 spiro atoms. The zero-order valence-electron chi connectivity index (χ0n) is 18.6. The number of aromatic nitrogens is 6. The van der Waals surface area contributed by atoms with Gasteiger partial charge in [-0.2, -0.15) is 4.68 Å². The molecule has 0 unspecified atom stereocenters. The second kappa shape index (κ2) is 11.2. The quantitative estimate of drug-likeness (QED) is 0.337. The second-order valence-corrected chi connectivity index (χ2v) is 9.61. The molecule has 1 N–H and O–H groups in total. The molecule has 0 aliphatic carbocycles. The lowest BCUT2D eigenvalue weighted by Gasteiger charge is -2.05. The number of amides is 1. The van der Waals surface area contributed by atoms with Gasteiger partial charge in [0.2, 0.25) is 10.2 Å². The fourth-order valence-electron chi connectivity index (χ4n) is 3.11. The molecule has 0 fully saturated rings. The van der Waals surface area contributed by atoms with E-state index in [-0.39, 0.29) is 5.91 Å². The number of nitrogens with zero attached hydrogens (tertiary/aromatic N) is 6. The van der Waals surface area contributed by atoms with Gasteiger partial charge in [0.1, 0.15) is 5.01 Å². The van der Waals surface area contributed by atoms with Crippen LogP contribution in [0.3, 0.4) is 0 Å². The summed E-state index contributed by atoms with van der Waals surface area (Å²) in [5.74, 6) is 0.301. The van der Waals surface area contributed by atoms with Gasteiger partial charge in [0.25, 0.3) is 5.91 Å². The van der Waals surface area contributed by atoms with Crippen molar-refractivity contribution in [1.82, 2.24) is 35.7 Å². The predicted molar refractivity (Wildman–Crippen MR) is 130 cm³/mol. The summed E-state index contributed by atoms with van der Waals surface area (Å²) < 4.78 is 1.71. The van der Waals surface area contributed by atoms with Gasteiger partial charge < -0.3 is 5.32 Å². The minimum absolute atomic E-state index is 0.225. The first-order valence-corrected chi connectivity index (χ1v) is 12.6. The van der Waals surface area contributed by atoms with E-state index in [4.69, 9.17) is 0 Å².